The van der Waals surface area contributed by atoms with Gasteiger partial charge in [0.1, 0.15) is 10.8 Å². The first-order chi connectivity index (χ1) is 15.6. The highest BCUT2D eigenvalue weighted by Crippen LogP contribution is 2.46. The minimum absolute atomic E-state index is 0.360. The maximum Gasteiger partial charge on any atom is 0.416 e. The van der Waals surface area contributed by atoms with Gasteiger partial charge in [0.2, 0.25) is 0 Å². The Morgan fingerprint density at radius 2 is 1.65 bits per heavy atom. The van der Waals surface area contributed by atoms with Crippen molar-refractivity contribution in [1.82, 2.24) is 4.98 Å². The first-order valence-electron chi connectivity index (χ1n) is 10.5. The Balaban J connectivity index is 1.82. The lowest BCUT2D eigenvalue weighted by Crippen LogP contribution is -2.38. The fraction of sp³-hybridized carbons (Fsp3) is 0.360. The number of nitrogens with zero attached hydrogens (tertiary/aromatic N) is 1. The molecule has 9 heteroatoms. The largest absolute Gasteiger partial charge is 0.478 e. The van der Waals surface area contributed by atoms with E-state index in [1.165, 1.54) is 37.3 Å². The highest BCUT2D eigenvalue weighted by molar-refractivity contribution is 8.00. The van der Waals surface area contributed by atoms with E-state index in [0.717, 1.165) is 33.2 Å². The minimum atomic E-state index is -4.37. The Morgan fingerprint density at radius 3 is 2.18 bits per heavy atom. The van der Waals surface area contributed by atoms with Crippen LogP contribution >= 0.6 is 23.1 Å². The van der Waals surface area contributed by atoms with Crippen molar-refractivity contribution in [2.45, 2.75) is 63.0 Å². The van der Waals surface area contributed by atoms with Gasteiger partial charge in [0.25, 0.3) is 0 Å². The van der Waals surface area contributed by atoms with Crippen LogP contribution in [0.15, 0.2) is 47.4 Å². The van der Waals surface area contributed by atoms with Crippen LogP contribution in [0.4, 0.5) is 13.2 Å². The number of rotatable bonds is 7. The molecule has 34 heavy (non-hydrogen) atoms. The number of hydrogen-bond donors (Lipinski definition) is 1. The van der Waals surface area contributed by atoms with Crippen LogP contribution < -0.4 is 4.74 Å². The number of hydrogen-bond acceptors (Lipinski definition) is 5. The van der Waals surface area contributed by atoms with Crippen LogP contribution in [0.5, 0.6) is 5.75 Å². The van der Waals surface area contributed by atoms with E-state index in [9.17, 15) is 23.1 Å². The summed E-state index contributed by atoms with van der Waals surface area (Å²) in [7, 11) is 0. The van der Waals surface area contributed by atoms with Crippen LogP contribution in [0, 0.1) is 13.8 Å². The number of carbonyl (C=O) groups is 1. The number of benzene rings is 2. The minimum Gasteiger partial charge on any atom is -0.478 e. The van der Waals surface area contributed by atoms with E-state index in [2.05, 4.69) is 18.8 Å². The van der Waals surface area contributed by atoms with E-state index in [-0.39, 0.29) is 4.75 Å². The molecular formula is C25H26F3NO3S2. The molecular weight excluding hydrogens is 483 g/mol. The highest BCUT2D eigenvalue weighted by Gasteiger charge is 2.32. The first-order valence-corrected chi connectivity index (χ1v) is 12.1. The lowest BCUT2D eigenvalue weighted by atomic mass is 10.1. The van der Waals surface area contributed by atoms with E-state index in [4.69, 9.17) is 4.74 Å². The summed E-state index contributed by atoms with van der Waals surface area (Å²) in [6.45, 7) is 10.9. The third kappa shape index (κ3) is 5.75. The number of halogens is 3. The Kier molecular flexibility index (Phi) is 7.11. The van der Waals surface area contributed by atoms with Crippen molar-refractivity contribution in [2.75, 3.05) is 0 Å². The third-order valence-electron chi connectivity index (χ3n) is 5.20. The van der Waals surface area contributed by atoms with Crippen LogP contribution in [-0.4, -0.2) is 21.7 Å². The van der Waals surface area contributed by atoms with Crippen LogP contribution in [0.2, 0.25) is 0 Å². The molecule has 0 amide bonds. The lowest BCUT2D eigenvalue weighted by molar-refractivity contribution is -0.152. The van der Waals surface area contributed by atoms with E-state index in [1.54, 1.807) is 17.8 Å². The van der Waals surface area contributed by atoms with Gasteiger partial charge in [-0.1, -0.05) is 12.1 Å². The summed E-state index contributed by atoms with van der Waals surface area (Å²) in [4.78, 5) is 18.0. The second-order valence-corrected chi connectivity index (χ2v) is 11.7. The van der Waals surface area contributed by atoms with Gasteiger partial charge in [-0.15, -0.1) is 23.1 Å². The van der Waals surface area contributed by atoms with Crippen LogP contribution in [0.1, 0.15) is 49.4 Å². The molecule has 0 unspecified atom stereocenters. The molecule has 0 saturated carbocycles. The van der Waals surface area contributed by atoms with Gasteiger partial charge < -0.3 is 9.84 Å². The van der Waals surface area contributed by atoms with Crippen LogP contribution in [0.3, 0.4) is 0 Å². The molecule has 0 bridgehead atoms. The fourth-order valence-electron chi connectivity index (χ4n) is 3.34. The molecule has 0 aliphatic rings. The molecule has 4 nitrogen and oxygen atoms in total. The van der Waals surface area contributed by atoms with Crippen molar-refractivity contribution in [1.29, 1.82) is 0 Å². The summed E-state index contributed by atoms with van der Waals surface area (Å²) in [6.07, 6.45) is -4.37. The number of thioether (sulfide) groups is 1. The predicted molar refractivity (Wildman–Crippen MR) is 130 cm³/mol. The number of carboxylic acids is 1. The van der Waals surface area contributed by atoms with Crippen molar-refractivity contribution in [2.24, 2.45) is 0 Å². The summed E-state index contributed by atoms with van der Waals surface area (Å²) in [5.74, 6) is -0.538. The van der Waals surface area contributed by atoms with Crippen molar-refractivity contribution in [3.05, 3.63) is 64.2 Å². The van der Waals surface area contributed by atoms with E-state index >= 15 is 0 Å². The molecule has 0 fully saturated rings. The number of ether oxygens (including phenoxy) is 1. The number of aromatic nitrogens is 1. The molecule has 1 aromatic heterocycles. The average Bonchev–Trinajstić information content (AvgIpc) is 3.12. The zero-order valence-electron chi connectivity index (χ0n) is 19.7. The number of thiazole rings is 1. The predicted octanol–water partition coefficient (Wildman–Crippen LogP) is 7.72. The molecule has 0 aliphatic carbocycles. The molecule has 3 rings (SSSR count). The normalized spacial score (nSPS) is 12.6. The summed E-state index contributed by atoms with van der Waals surface area (Å²) < 4.78 is 43.9. The number of aryl methyl sites for hydroxylation is 2. The van der Waals surface area contributed by atoms with Gasteiger partial charge in [-0.25, -0.2) is 9.78 Å². The highest BCUT2D eigenvalue weighted by atomic mass is 32.2. The van der Waals surface area contributed by atoms with Crippen LogP contribution in [0.25, 0.3) is 10.6 Å². The second kappa shape index (κ2) is 9.26. The van der Waals surface area contributed by atoms with Gasteiger partial charge in [-0.05, 0) is 77.4 Å². The molecule has 3 aromatic rings. The molecule has 0 saturated heterocycles. The maximum atomic E-state index is 12.9. The Morgan fingerprint density at radius 1 is 1.03 bits per heavy atom. The molecule has 1 heterocycles. The van der Waals surface area contributed by atoms with Crippen molar-refractivity contribution >= 4 is 29.1 Å². The van der Waals surface area contributed by atoms with E-state index in [0.29, 0.717) is 16.3 Å². The average molecular weight is 510 g/mol. The smallest absolute Gasteiger partial charge is 0.416 e. The standard InChI is InChI=1S/C25H26F3NO3S2/c1-14-13-18(11-12-19(14)32-23(3,4)22(30)31)34-24(5,6)20-15(2)29-21(33-20)16-7-9-17(10-8-16)25(26,27)28/h7-13H,1-6H3,(H,30,31). The first kappa shape index (κ1) is 26.1. The van der Waals surface area contributed by atoms with Crippen molar-refractivity contribution in [3.8, 4) is 16.3 Å². The molecule has 2 aromatic carbocycles. The molecule has 0 aliphatic heterocycles. The van der Waals surface area contributed by atoms with E-state index < -0.39 is 23.3 Å². The fourth-order valence-corrected chi connectivity index (χ4v) is 5.86. The second-order valence-electron chi connectivity index (χ2n) is 8.97. The van der Waals surface area contributed by atoms with Gasteiger partial charge in [-0.2, -0.15) is 13.2 Å². The van der Waals surface area contributed by atoms with Gasteiger partial charge in [0.15, 0.2) is 5.60 Å². The molecule has 1 N–H and O–H groups in total. The monoisotopic (exact) mass is 509 g/mol. The number of alkyl halides is 3. The van der Waals surface area contributed by atoms with Crippen LogP contribution in [-0.2, 0) is 15.7 Å². The molecule has 182 valence electrons. The van der Waals surface area contributed by atoms with Gasteiger partial charge in [0.05, 0.1) is 16.0 Å². The van der Waals surface area contributed by atoms with Crippen molar-refractivity contribution in [3.63, 3.8) is 0 Å². The third-order valence-corrected chi connectivity index (χ3v) is 8.07. The Labute approximate surface area is 205 Å². The van der Waals surface area contributed by atoms with Gasteiger partial charge in [-0.3, -0.25) is 0 Å². The van der Waals surface area contributed by atoms with Crippen molar-refractivity contribution < 1.29 is 27.8 Å². The number of carboxylic acid groups (broad SMARTS) is 1. The molecule has 0 spiro atoms. The summed E-state index contributed by atoms with van der Waals surface area (Å²) in [5.41, 5.74) is 0.272. The molecule has 0 radical (unpaired) electrons. The Hall–Kier alpha value is -2.52. The zero-order valence-corrected chi connectivity index (χ0v) is 21.3. The van der Waals surface area contributed by atoms with E-state index in [1.807, 2.05) is 26.0 Å². The van der Waals surface area contributed by atoms with Gasteiger partial charge in [0, 0.05) is 15.3 Å². The summed E-state index contributed by atoms with van der Waals surface area (Å²) in [5, 5.41) is 9.97. The zero-order chi connectivity index (χ0) is 25.5. The quantitative estimate of drug-likeness (QED) is 0.331. The topological polar surface area (TPSA) is 59.4 Å². The SMILES string of the molecule is Cc1cc(SC(C)(C)c2sc(-c3ccc(C(F)(F)F)cc3)nc2C)ccc1OC(C)(C)C(=O)O. The van der Waals surface area contributed by atoms with Gasteiger partial charge >= 0.3 is 12.1 Å². The lowest BCUT2D eigenvalue weighted by Gasteiger charge is -2.25. The Bertz CT molecular complexity index is 1200. The number of aliphatic carboxylic acids is 1. The molecule has 0 atom stereocenters. The summed E-state index contributed by atoms with van der Waals surface area (Å²) in [6, 6.07) is 10.7. The maximum absolute atomic E-state index is 12.9. The summed E-state index contributed by atoms with van der Waals surface area (Å²) >= 11 is 3.09.